The summed E-state index contributed by atoms with van der Waals surface area (Å²) in [5, 5.41) is 17.3. The second-order valence-corrected chi connectivity index (χ2v) is 11.7. The van der Waals surface area contributed by atoms with Crippen molar-refractivity contribution < 1.29 is 33.8 Å². The van der Waals surface area contributed by atoms with Gasteiger partial charge in [-0.15, -0.1) is 0 Å². The SMILES string of the molecule is COc1cc(CN2C(=O)N([C@@H](CC3CC3)C(=O)N[C@H](C)CC(=O)O)C(=O)C2(C)C)ccc1NC(=O)Nc1ccccc1C.[Na]. The number of aliphatic carboxylic acids is 1. The maximum Gasteiger partial charge on any atom is 0.328 e. The number of rotatable bonds is 12. The summed E-state index contributed by atoms with van der Waals surface area (Å²) in [7, 11) is 1.46. The molecule has 44 heavy (non-hydrogen) atoms. The van der Waals surface area contributed by atoms with Crippen LogP contribution in [0.5, 0.6) is 5.75 Å². The number of carbonyl (C=O) groups is 5. The van der Waals surface area contributed by atoms with Gasteiger partial charge in [0.05, 0.1) is 19.2 Å². The van der Waals surface area contributed by atoms with Crippen molar-refractivity contribution in [1.29, 1.82) is 0 Å². The zero-order valence-corrected chi connectivity index (χ0v) is 28.1. The standard InChI is InChI=1S/C31H39N5O7.Na/c1-18-8-6-7-9-22(18)33-29(41)34-23-13-12-21(16-25(23)43-5)17-35-30(42)36(28(40)31(35,3)4)24(15-20-10-11-20)27(39)32-19(2)14-26(37)38;/h6-9,12-13,16,19-20,24H,10-11,14-15,17H2,1-5H3,(H,32,39)(H,37,38)(H2,33,34,41);/t19-,24+;/m1./s1. The molecule has 231 valence electrons. The first-order valence-corrected chi connectivity index (χ1v) is 14.3. The van der Waals surface area contributed by atoms with Crippen LogP contribution in [-0.2, 0) is 20.9 Å². The number of urea groups is 2. The zero-order valence-electron chi connectivity index (χ0n) is 26.1. The fraction of sp³-hybridized carbons (Fsp3) is 0.452. The van der Waals surface area contributed by atoms with E-state index in [1.165, 1.54) is 12.0 Å². The predicted molar refractivity (Wildman–Crippen MR) is 165 cm³/mol. The molecule has 4 rings (SSSR count). The molecule has 1 saturated heterocycles. The minimum atomic E-state index is -1.25. The zero-order chi connectivity index (χ0) is 31.5. The maximum atomic E-state index is 13.8. The molecule has 4 N–H and O–H groups in total. The number of nitrogens with zero attached hydrogens (tertiary/aromatic N) is 2. The summed E-state index contributed by atoms with van der Waals surface area (Å²) in [6.07, 6.45) is 1.86. The molecule has 6 amide bonds. The van der Waals surface area contributed by atoms with Crippen LogP contribution in [0.4, 0.5) is 21.0 Å². The number of amides is 6. The summed E-state index contributed by atoms with van der Waals surface area (Å²) >= 11 is 0. The number of nitrogens with one attached hydrogen (secondary N) is 3. The number of imide groups is 1. The topological polar surface area (TPSA) is 157 Å². The minimum Gasteiger partial charge on any atom is -0.495 e. The number of anilines is 2. The molecule has 1 aliphatic heterocycles. The van der Waals surface area contributed by atoms with E-state index in [1.54, 1.807) is 45.0 Å². The first kappa shape index (κ1) is 34.9. The molecule has 0 bridgehead atoms. The van der Waals surface area contributed by atoms with Crippen LogP contribution in [0.1, 0.15) is 57.6 Å². The van der Waals surface area contributed by atoms with Gasteiger partial charge in [-0.3, -0.25) is 14.4 Å². The Morgan fingerprint density at radius 3 is 2.34 bits per heavy atom. The molecule has 1 saturated carbocycles. The van der Waals surface area contributed by atoms with Gasteiger partial charge < -0.3 is 30.7 Å². The fourth-order valence-corrected chi connectivity index (χ4v) is 5.17. The van der Waals surface area contributed by atoms with Crippen LogP contribution in [0.2, 0.25) is 0 Å². The van der Waals surface area contributed by atoms with E-state index >= 15 is 0 Å². The molecular weight excluding hydrogens is 577 g/mol. The van der Waals surface area contributed by atoms with Crippen LogP contribution in [0, 0.1) is 12.8 Å². The maximum absolute atomic E-state index is 13.8. The van der Waals surface area contributed by atoms with Gasteiger partial charge in [-0.1, -0.05) is 37.1 Å². The molecule has 2 aliphatic rings. The van der Waals surface area contributed by atoms with E-state index in [2.05, 4.69) is 16.0 Å². The van der Waals surface area contributed by atoms with Gasteiger partial charge in [0.2, 0.25) is 5.91 Å². The number of hydrogen-bond donors (Lipinski definition) is 4. The number of methoxy groups -OCH3 is 1. The van der Waals surface area contributed by atoms with E-state index < -0.39 is 47.5 Å². The third-order valence-electron chi connectivity index (χ3n) is 7.84. The van der Waals surface area contributed by atoms with Crippen molar-refractivity contribution in [2.45, 2.75) is 77.5 Å². The number of ether oxygens (including phenoxy) is 1. The van der Waals surface area contributed by atoms with Crippen LogP contribution in [0.3, 0.4) is 0 Å². The Kier molecular flexibility index (Phi) is 11.5. The van der Waals surface area contributed by atoms with E-state index in [-0.39, 0.29) is 48.4 Å². The molecule has 2 fully saturated rings. The number of carboxylic acids is 1. The van der Waals surface area contributed by atoms with Crippen LogP contribution in [0.25, 0.3) is 0 Å². The van der Waals surface area contributed by atoms with Crippen molar-refractivity contribution >= 4 is 70.8 Å². The summed E-state index contributed by atoms with van der Waals surface area (Å²) in [5.41, 5.74) is 1.40. The monoisotopic (exact) mass is 616 g/mol. The van der Waals surface area contributed by atoms with Gasteiger partial charge in [0.25, 0.3) is 5.91 Å². The van der Waals surface area contributed by atoms with Gasteiger partial charge in [-0.05, 0) is 69.4 Å². The van der Waals surface area contributed by atoms with E-state index in [1.807, 2.05) is 25.1 Å². The van der Waals surface area contributed by atoms with Crippen molar-refractivity contribution in [3.63, 3.8) is 0 Å². The summed E-state index contributed by atoms with van der Waals surface area (Å²) in [4.78, 5) is 66.9. The van der Waals surface area contributed by atoms with E-state index in [0.29, 0.717) is 29.1 Å². The number of hydrogen-bond acceptors (Lipinski definition) is 6. The molecule has 0 spiro atoms. The predicted octanol–water partition coefficient (Wildman–Crippen LogP) is 3.96. The third-order valence-corrected chi connectivity index (χ3v) is 7.84. The third kappa shape index (κ3) is 8.10. The average molecular weight is 617 g/mol. The molecule has 1 aliphatic carbocycles. The molecule has 2 atom stereocenters. The van der Waals surface area contributed by atoms with Gasteiger partial charge in [-0.2, -0.15) is 0 Å². The molecule has 13 heteroatoms. The fourth-order valence-electron chi connectivity index (χ4n) is 5.17. The molecule has 1 heterocycles. The average Bonchev–Trinajstić information content (AvgIpc) is 3.74. The Hall–Kier alpha value is -3.61. The summed E-state index contributed by atoms with van der Waals surface area (Å²) in [5.74, 6) is -1.52. The van der Waals surface area contributed by atoms with E-state index in [9.17, 15) is 24.0 Å². The number of para-hydroxylation sites is 1. The summed E-state index contributed by atoms with van der Waals surface area (Å²) < 4.78 is 5.51. The van der Waals surface area contributed by atoms with Crippen LogP contribution in [-0.4, -0.2) is 99.0 Å². The Morgan fingerprint density at radius 1 is 1.07 bits per heavy atom. The smallest absolute Gasteiger partial charge is 0.328 e. The van der Waals surface area contributed by atoms with Crippen LogP contribution >= 0.6 is 0 Å². The van der Waals surface area contributed by atoms with Crippen LogP contribution < -0.4 is 20.7 Å². The van der Waals surface area contributed by atoms with E-state index in [0.717, 1.165) is 23.3 Å². The first-order valence-electron chi connectivity index (χ1n) is 14.3. The Bertz CT molecular complexity index is 1430. The van der Waals surface area contributed by atoms with Gasteiger partial charge in [0.15, 0.2) is 0 Å². The molecular formula is C31H39N5NaO7. The van der Waals surface area contributed by atoms with Crippen molar-refractivity contribution in [1.82, 2.24) is 15.1 Å². The molecule has 2 aromatic carbocycles. The molecule has 12 nitrogen and oxygen atoms in total. The van der Waals surface area contributed by atoms with Gasteiger partial charge in [0, 0.05) is 47.8 Å². The quantitative estimate of drug-likeness (QED) is 0.208. The Labute approximate surface area is 279 Å². The number of carboxylic acid groups (broad SMARTS) is 1. The molecule has 1 radical (unpaired) electrons. The second-order valence-electron chi connectivity index (χ2n) is 11.7. The summed E-state index contributed by atoms with van der Waals surface area (Å²) in [6.45, 7) is 6.78. The Balaban J connectivity index is 0.00000529. The molecule has 0 aromatic heterocycles. The van der Waals surface area contributed by atoms with Gasteiger partial charge in [0.1, 0.15) is 17.3 Å². The summed E-state index contributed by atoms with van der Waals surface area (Å²) in [6, 6.07) is 9.70. The first-order chi connectivity index (χ1) is 20.3. The number of aryl methyl sites for hydroxylation is 1. The van der Waals surface area contributed by atoms with Crippen molar-refractivity contribution in [3.05, 3.63) is 53.6 Å². The molecule has 0 unspecified atom stereocenters. The normalized spacial score (nSPS) is 16.9. The van der Waals surface area contributed by atoms with Crippen molar-refractivity contribution in [3.8, 4) is 5.75 Å². The van der Waals surface area contributed by atoms with E-state index in [4.69, 9.17) is 9.84 Å². The van der Waals surface area contributed by atoms with Crippen LogP contribution in [0.15, 0.2) is 42.5 Å². The number of carbonyl (C=O) groups excluding carboxylic acids is 4. The second kappa shape index (κ2) is 14.4. The van der Waals surface area contributed by atoms with Gasteiger partial charge in [-0.25, -0.2) is 14.5 Å². The molecule has 2 aromatic rings. The largest absolute Gasteiger partial charge is 0.495 e. The van der Waals surface area contributed by atoms with Crippen molar-refractivity contribution in [2.24, 2.45) is 5.92 Å². The number of benzene rings is 2. The van der Waals surface area contributed by atoms with Gasteiger partial charge >= 0.3 is 18.0 Å². The van der Waals surface area contributed by atoms with Crippen molar-refractivity contribution in [2.75, 3.05) is 17.7 Å². The Morgan fingerprint density at radius 2 is 1.73 bits per heavy atom. The minimum absolute atomic E-state index is 0.